The molecule has 0 aliphatic heterocycles. The Bertz CT molecular complexity index is 704. The summed E-state index contributed by atoms with van der Waals surface area (Å²) in [7, 11) is 0. The molecule has 0 atom stereocenters. The van der Waals surface area contributed by atoms with Crippen LogP contribution in [0.25, 0.3) is 16.7 Å². The highest BCUT2D eigenvalue weighted by Gasteiger charge is 2.09. The fourth-order valence-electron chi connectivity index (χ4n) is 2.14. The zero-order chi connectivity index (χ0) is 13.9. The van der Waals surface area contributed by atoms with Crippen LogP contribution in [0.3, 0.4) is 0 Å². The van der Waals surface area contributed by atoms with E-state index in [0.29, 0.717) is 12.1 Å². The lowest BCUT2D eigenvalue weighted by Crippen LogP contribution is -2.00. The van der Waals surface area contributed by atoms with E-state index in [0.717, 1.165) is 23.0 Å². The van der Waals surface area contributed by atoms with Crippen molar-refractivity contribution >= 4 is 11.0 Å². The summed E-state index contributed by atoms with van der Waals surface area (Å²) in [6.07, 6.45) is 1.45. The molecule has 1 aromatic heterocycles. The molecule has 0 aliphatic rings. The number of aliphatic hydroxyl groups is 1. The minimum Gasteiger partial charge on any atom is -0.506 e. The monoisotopic (exact) mass is 269 g/mol. The van der Waals surface area contributed by atoms with Crippen LogP contribution in [-0.2, 0) is 6.42 Å². The molecular weight excluding hydrogens is 254 g/mol. The molecule has 0 radical (unpaired) electrons. The van der Waals surface area contributed by atoms with Crippen molar-refractivity contribution < 1.29 is 10.2 Å². The Balaban J connectivity index is 2.03. The molecule has 2 N–H and O–H groups in total. The normalized spacial score (nSPS) is 11.1. The average Bonchev–Trinajstić information content (AvgIpc) is 2.90. The van der Waals surface area contributed by atoms with Gasteiger partial charge in [-0.15, -0.1) is 15.0 Å². The molecule has 0 amide bonds. The second-order valence-electron chi connectivity index (χ2n) is 4.63. The Morgan fingerprint density at radius 2 is 1.70 bits per heavy atom. The van der Waals surface area contributed by atoms with Gasteiger partial charge in [-0.3, -0.25) is 0 Å². The Labute approximate surface area is 116 Å². The minimum atomic E-state index is 0.137. The van der Waals surface area contributed by atoms with E-state index >= 15 is 0 Å². The predicted molar refractivity (Wildman–Crippen MR) is 75.9 cm³/mol. The standard InChI is InChI=1S/C15H15N3O2/c19-9-3-4-11-7-8-15(20)14(10-11)18-16-12-5-1-2-6-13(12)17-18/h1-2,5-8,10,19-20H,3-4,9H2. The van der Waals surface area contributed by atoms with Gasteiger partial charge in [0, 0.05) is 6.61 Å². The number of benzene rings is 2. The molecule has 0 fully saturated rings. The van der Waals surface area contributed by atoms with Crippen LogP contribution in [0.15, 0.2) is 42.5 Å². The van der Waals surface area contributed by atoms with Gasteiger partial charge in [0.2, 0.25) is 0 Å². The maximum atomic E-state index is 9.99. The first-order valence-electron chi connectivity index (χ1n) is 6.53. The number of aliphatic hydroxyl groups excluding tert-OH is 1. The first-order chi connectivity index (χ1) is 9.78. The highest BCUT2D eigenvalue weighted by atomic mass is 16.3. The van der Waals surface area contributed by atoms with Crippen LogP contribution < -0.4 is 0 Å². The molecule has 0 bridgehead atoms. The second kappa shape index (κ2) is 5.30. The maximum Gasteiger partial charge on any atom is 0.143 e. The number of nitrogens with zero attached hydrogens (tertiary/aromatic N) is 3. The van der Waals surface area contributed by atoms with E-state index in [1.54, 1.807) is 6.07 Å². The van der Waals surface area contributed by atoms with Gasteiger partial charge in [0.05, 0.1) is 0 Å². The molecule has 0 aliphatic carbocycles. The van der Waals surface area contributed by atoms with Gasteiger partial charge in [0.1, 0.15) is 22.5 Å². The van der Waals surface area contributed by atoms with Gasteiger partial charge in [-0.25, -0.2) is 0 Å². The van der Waals surface area contributed by atoms with Crippen molar-refractivity contribution in [2.24, 2.45) is 0 Å². The van der Waals surface area contributed by atoms with E-state index in [1.165, 1.54) is 4.80 Å². The third-order valence-corrected chi connectivity index (χ3v) is 3.17. The number of fused-ring (bicyclic) bond motifs is 1. The molecule has 2 aromatic carbocycles. The molecule has 102 valence electrons. The summed E-state index contributed by atoms with van der Waals surface area (Å²) >= 11 is 0. The number of hydrogen-bond donors (Lipinski definition) is 2. The minimum absolute atomic E-state index is 0.137. The van der Waals surface area contributed by atoms with Gasteiger partial charge in [-0.2, -0.15) is 0 Å². The topological polar surface area (TPSA) is 71.2 Å². The summed E-state index contributed by atoms with van der Waals surface area (Å²) in [6.45, 7) is 0.153. The maximum absolute atomic E-state index is 9.99. The first kappa shape index (κ1) is 12.6. The molecule has 0 saturated carbocycles. The summed E-state index contributed by atoms with van der Waals surface area (Å²) in [4.78, 5) is 1.45. The largest absolute Gasteiger partial charge is 0.506 e. The van der Waals surface area contributed by atoms with Crippen molar-refractivity contribution in [2.45, 2.75) is 12.8 Å². The van der Waals surface area contributed by atoms with E-state index in [1.807, 2.05) is 36.4 Å². The molecular formula is C15H15N3O2. The van der Waals surface area contributed by atoms with Crippen LogP contribution in [-0.4, -0.2) is 31.8 Å². The lowest BCUT2D eigenvalue weighted by Gasteiger charge is -2.06. The van der Waals surface area contributed by atoms with Gasteiger partial charge in [0.15, 0.2) is 0 Å². The number of aromatic hydroxyl groups is 1. The predicted octanol–water partition coefficient (Wildman–Crippen LogP) is 2.05. The third kappa shape index (κ3) is 2.35. The fourth-order valence-corrected chi connectivity index (χ4v) is 2.14. The van der Waals surface area contributed by atoms with E-state index in [2.05, 4.69) is 10.2 Å². The van der Waals surface area contributed by atoms with Gasteiger partial charge < -0.3 is 10.2 Å². The van der Waals surface area contributed by atoms with Crippen molar-refractivity contribution in [3.63, 3.8) is 0 Å². The SMILES string of the molecule is OCCCc1ccc(O)c(-n2nc3ccccc3n2)c1. The quantitative estimate of drug-likeness (QED) is 0.760. The van der Waals surface area contributed by atoms with Crippen molar-refractivity contribution in [1.29, 1.82) is 0 Å². The molecule has 0 spiro atoms. The number of hydrogen-bond acceptors (Lipinski definition) is 4. The summed E-state index contributed by atoms with van der Waals surface area (Å²) < 4.78 is 0. The van der Waals surface area contributed by atoms with Crippen LogP contribution in [0, 0.1) is 0 Å². The second-order valence-corrected chi connectivity index (χ2v) is 4.63. The van der Waals surface area contributed by atoms with Crippen LogP contribution in [0.4, 0.5) is 0 Å². The van der Waals surface area contributed by atoms with Crippen molar-refractivity contribution in [2.75, 3.05) is 6.61 Å². The average molecular weight is 269 g/mol. The van der Waals surface area contributed by atoms with Crippen molar-refractivity contribution in [3.05, 3.63) is 48.0 Å². The molecule has 3 rings (SSSR count). The fraction of sp³-hybridized carbons (Fsp3) is 0.200. The zero-order valence-electron chi connectivity index (χ0n) is 10.9. The van der Waals surface area contributed by atoms with Gasteiger partial charge >= 0.3 is 0 Å². The Morgan fingerprint density at radius 1 is 1.00 bits per heavy atom. The molecule has 5 heteroatoms. The highest BCUT2D eigenvalue weighted by Crippen LogP contribution is 2.23. The molecule has 0 unspecified atom stereocenters. The summed E-state index contributed by atoms with van der Waals surface area (Å²) in [5.74, 6) is 0.137. The van der Waals surface area contributed by atoms with Crippen LogP contribution >= 0.6 is 0 Å². The van der Waals surface area contributed by atoms with Crippen LogP contribution in [0.5, 0.6) is 5.75 Å². The molecule has 20 heavy (non-hydrogen) atoms. The molecule has 3 aromatic rings. The van der Waals surface area contributed by atoms with Crippen molar-refractivity contribution in [3.8, 4) is 11.4 Å². The third-order valence-electron chi connectivity index (χ3n) is 3.17. The summed E-state index contributed by atoms with van der Waals surface area (Å²) in [6, 6.07) is 12.9. The van der Waals surface area contributed by atoms with E-state index in [4.69, 9.17) is 5.11 Å². The molecule has 5 nitrogen and oxygen atoms in total. The summed E-state index contributed by atoms with van der Waals surface area (Å²) in [5, 5.41) is 27.6. The van der Waals surface area contributed by atoms with E-state index in [-0.39, 0.29) is 12.4 Å². The Kier molecular flexibility index (Phi) is 3.35. The lowest BCUT2D eigenvalue weighted by molar-refractivity contribution is 0.288. The van der Waals surface area contributed by atoms with Gasteiger partial charge in [-0.1, -0.05) is 18.2 Å². The van der Waals surface area contributed by atoms with Crippen LogP contribution in [0.1, 0.15) is 12.0 Å². The van der Waals surface area contributed by atoms with Crippen LogP contribution in [0.2, 0.25) is 0 Å². The molecule has 1 heterocycles. The lowest BCUT2D eigenvalue weighted by atomic mass is 10.1. The van der Waals surface area contributed by atoms with E-state index < -0.39 is 0 Å². The first-order valence-corrected chi connectivity index (χ1v) is 6.53. The highest BCUT2D eigenvalue weighted by molar-refractivity contribution is 5.73. The van der Waals surface area contributed by atoms with E-state index in [9.17, 15) is 5.11 Å². The summed E-state index contributed by atoms with van der Waals surface area (Å²) in [5.41, 5.74) is 3.16. The van der Waals surface area contributed by atoms with Gasteiger partial charge in [-0.05, 0) is 42.7 Å². The number of aromatic nitrogens is 3. The number of rotatable bonds is 4. The van der Waals surface area contributed by atoms with Gasteiger partial charge in [0.25, 0.3) is 0 Å². The smallest absolute Gasteiger partial charge is 0.143 e. The Morgan fingerprint density at radius 3 is 2.35 bits per heavy atom. The Hall–Kier alpha value is -2.40. The number of phenolic OH excluding ortho intramolecular Hbond substituents is 1. The number of phenols is 1. The van der Waals surface area contributed by atoms with Crippen molar-refractivity contribution in [1.82, 2.24) is 15.0 Å². The number of aryl methyl sites for hydroxylation is 1. The zero-order valence-corrected chi connectivity index (χ0v) is 10.9. The molecule has 0 saturated heterocycles.